The van der Waals surface area contributed by atoms with Crippen molar-refractivity contribution in [2.75, 3.05) is 13.2 Å². The minimum atomic E-state index is -0.763. The number of ether oxygens (including phenoxy) is 3. The molecule has 0 amide bonds. The molecule has 6 heteroatoms. The first kappa shape index (κ1) is 59.4. The molecule has 0 N–H and O–H groups in total. The Kier molecular flexibility index (Phi) is 45.2. The fourth-order valence-electron chi connectivity index (χ4n) is 8.26. The molecule has 0 aromatic rings. The van der Waals surface area contributed by atoms with Gasteiger partial charge in [-0.1, -0.05) is 260 Å². The summed E-state index contributed by atoms with van der Waals surface area (Å²) in [6.07, 6.45) is 46.8. The molecule has 0 aliphatic rings. The zero-order valence-electron chi connectivity index (χ0n) is 42.0. The lowest BCUT2D eigenvalue weighted by atomic mass is 10.00. The number of unbranched alkanes of at least 4 members (excludes halogenated alkanes) is 30. The van der Waals surface area contributed by atoms with Gasteiger partial charge >= 0.3 is 17.9 Å². The van der Waals surface area contributed by atoms with E-state index in [9.17, 15) is 14.4 Å². The highest BCUT2D eigenvalue weighted by molar-refractivity contribution is 5.71. The molecule has 0 saturated heterocycles. The van der Waals surface area contributed by atoms with Crippen molar-refractivity contribution in [3.8, 4) is 0 Å². The SMILES string of the molecule is CCC(C)CCCCCCCCC(=O)O[C@H](COC(=O)CCCCCCCCCCCCCCCCCCCCC(C)C)COC(=O)CCCCCCCCCCCC(C)C. The first-order valence-electron chi connectivity index (χ1n) is 27.1. The van der Waals surface area contributed by atoms with Gasteiger partial charge in [0.05, 0.1) is 0 Å². The summed E-state index contributed by atoms with van der Waals surface area (Å²) < 4.78 is 16.8. The second kappa shape index (κ2) is 46.4. The van der Waals surface area contributed by atoms with Crippen molar-refractivity contribution in [2.24, 2.45) is 17.8 Å². The zero-order valence-corrected chi connectivity index (χ0v) is 42.0. The van der Waals surface area contributed by atoms with Crippen molar-refractivity contribution in [3.05, 3.63) is 0 Å². The fraction of sp³-hybridized carbons (Fsp3) is 0.945. The average Bonchev–Trinajstić information content (AvgIpc) is 3.23. The number of rotatable bonds is 48. The molecule has 0 aliphatic carbocycles. The van der Waals surface area contributed by atoms with Crippen LogP contribution in [0.3, 0.4) is 0 Å². The van der Waals surface area contributed by atoms with Crippen LogP contribution in [0.5, 0.6) is 0 Å². The second-order valence-corrected chi connectivity index (χ2v) is 20.1. The van der Waals surface area contributed by atoms with Gasteiger partial charge in [0.1, 0.15) is 13.2 Å². The third-order valence-electron chi connectivity index (χ3n) is 12.8. The van der Waals surface area contributed by atoms with E-state index in [0.29, 0.717) is 19.3 Å². The molecule has 6 nitrogen and oxygen atoms in total. The summed E-state index contributed by atoms with van der Waals surface area (Å²) in [5, 5.41) is 0. The van der Waals surface area contributed by atoms with Crippen LogP contribution in [0.4, 0.5) is 0 Å². The lowest BCUT2D eigenvalue weighted by molar-refractivity contribution is -0.167. The van der Waals surface area contributed by atoms with E-state index < -0.39 is 6.10 Å². The summed E-state index contributed by atoms with van der Waals surface area (Å²) in [4.78, 5) is 37.9. The maximum Gasteiger partial charge on any atom is 0.306 e. The average molecular weight is 863 g/mol. The second-order valence-electron chi connectivity index (χ2n) is 20.1. The Labute approximate surface area is 380 Å². The molecule has 0 saturated carbocycles. The molecule has 0 bridgehead atoms. The molecule has 0 fully saturated rings. The van der Waals surface area contributed by atoms with Gasteiger partial charge in [-0.2, -0.15) is 0 Å². The Morgan fingerprint density at radius 2 is 0.574 bits per heavy atom. The van der Waals surface area contributed by atoms with Crippen molar-refractivity contribution in [1.82, 2.24) is 0 Å². The van der Waals surface area contributed by atoms with Crippen molar-refractivity contribution >= 4 is 17.9 Å². The lowest BCUT2D eigenvalue weighted by Crippen LogP contribution is -2.30. The molecule has 61 heavy (non-hydrogen) atoms. The number of carbonyl (C=O) groups is 3. The third kappa shape index (κ3) is 47.7. The van der Waals surface area contributed by atoms with Gasteiger partial charge < -0.3 is 14.2 Å². The van der Waals surface area contributed by atoms with Crippen LogP contribution in [0, 0.1) is 17.8 Å². The number of hydrogen-bond donors (Lipinski definition) is 0. The van der Waals surface area contributed by atoms with E-state index in [-0.39, 0.29) is 31.1 Å². The van der Waals surface area contributed by atoms with Gasteiger partial charge in [0, 0.05) is 19.3 Å². The topological polar surface area (TPSA) is 78.9 Å². The normalized spacial score (nSPS) is 12.6. The Bertz CT molecular complexity index is 947. The van der Waals surface area contributed by atoms with Crippen LogP contribution in [0.25, 0.3) is 0 Å². The lowest BCUT2D eigenvalue weighted by Gasteiger charge is -2.18. The van der Waals surface area contributed by atoms with Gasteiger partial charge in [0.2, 0.25) is 0 Å². The molecular formula is C55H106O6. The Morgan fingerprint density at radius 3 is 0.852 bits per heavy atom. The fourth-order valence-corrected chi connectivity index (χ4v) is 8.26. The van der Waals surface area contributed by atoms with Gasteiger partial charge in [0.15, 0.2) is 6.10 Å². The van der Waals surface area contributed by atoms with Crippen molar-refractivity contribution < 1.29 is 28.6 Å². The minimum absolute atomic E-state index is 0.0653. The predicted octanol–water partition coefficient (Wildman–Crippen LogP) is 17.6. The molecule has 2 atom stereocenters. The molecular weight excluding hydrogens is 757 g/mol. The van der Waals surface area contributed by atoms with Crippen molar-refractivity contribution in [3.63, 3.8) is 0 Å². The first-order chi connectivity index (χ1) is 29.6. The first-order valence-corrected chi connectivity index (χ1v) is 27.1. The van der Waals surface area contributed by atoms with E-state index in [4.69, 9.17) is 14.2 Å². The van der Waals surface area contributed by atoms with E-state index in [0.717, 1.165) is 75.5 Å². The molecule has 0 spiro atoms. The summed E-state index contributed by atoms with van der Waals surface area (Å²) >= 11 is 0. The summed E-state index contributed by atoms with van der Waals surface area (Å²) in [6, 6.07) is 0. The standard InChI is InChI=1S/C55H106O6/c1-7-51(6)43-37-31-27-28-34-40-46-55(58)61-52(48-60-54(57)45-39-33-26-22-18-20-24-30-36-42-50(4)5)47-59-53(56)44-38-32-25-21-17-15-13-11-9-8-10-12-14-16-19-23-29-35-41-49(2)3/h49-52H,7-48H2,1-6H3/t51?,52-/m1/s1. The van der Waals surface area contributed by atoms with Gasteiger partial charge in [-0.25, -0.2) is 0 Å². The van der Waals surface area contributed by atoms with Crippen LogP contribution in [-0.2, 0) is 28.6 Å². The molecule has 0 aliphatic heterocycles. The molecule has 362 valence electrons. The van der Waals surface area contributed by atoms with Crippen LogP contribution in [0.2, 0.25) is 0 Å². The Morgan fingerprint density at radius 1 is 0.328 bits per heavy atom. The van der Waals surface area contributed by atoms with E-state index in [2.05, 4.69) is 41.5 Å². The van der Waals surface area contributed by atoms with Crippen LogP contribution in [0.15, 0.2) is 0 Å². The molecule has 0 heterocycles. The summed E-state index contributed by atoms with van der Waals surface area (Å²) in [7, 11) is 0. The van der Waals surface area contributed by atoms with Crippen molar-refractivity contribution in [2.45, 2.75) is 304 Å². The number of esters is 3. The maximum absolute atomic E-state index is 12.8. The third-order valence-corrected chi connectivity index (χ3v) is 12.8. The van der Waals surface area contributed by atoms with Gasteiger partial charge in [-0.05, 0) is 37.0 Å². The van der Waals surface area contributed by atoms with Gasteiger partial charge in [-0.15, -0.1) is 0 Å². The molecule has 0 aromatic carbocycles. The highest BCUT2D eigenvalue weighted by Crippen LogP contribution is 2.18. The summed E-state index contributed by atoms with van der Waals surface area (Å²) in [5.74, 6) is 1.62. The van der Waals surface area contributed by atoms with E-state index in [1.807, 2.05) is 0 Å². The summed E-state index contributed by atoms with van der Waals surface area (Å²) in [6.45, 7) is 13.7. The van der Waals surface area contributed by atoms with E-state index in [1.165, 1.54) is 180 Å². The van der Waals surface area contributed by atoms with Crippen LogP contribution in [-0.4, -0.2) is 37.2 Å². The van der Waals surface area contributed by atoms with Crippen molar-refractivity contribution in [1.29, 1.82) is 0 Å². The molecule has 1 unspecified atom stereocenters. The molecule has 0 aromatic heterocycles. The number of carbonyl (C=O) groups excluding carboxylic acids is 3. The highest BCUT2D eigenvalue weighted by atomic mass is 16.6. The minimum Gasteiger partial charge on any atom is -0.462 e. The quantitative estimate of drug-likeness (QED) is 0.0344. The van der Waals surface area contributed by atoms with Crippen LogP contribution in [0.1, 0.15) is 298 Å². The smallest absolute Gasteiger partial charge is 0.306 e. The van der Waals surface area contributed by atoms with E-state index in [1.54, 1.807) is 0 Å². The monoisotopic (exact) mass is 863 g/mol. The zero-order chi connectivity index (χ0) is 44.9. The largest absolute Gasteiger partial charge is 0.462 e. The number of hydrogen-bond acceptors (Lipinski definition) is 6. The van der Waals surface area contributed by atoms with Gasteiger partial charge in [-0.3, -0.25) is 14.4 Å². The van der Waals surface area contributed by atoms with E-state index >= 15 is 0 Å². The summed E-state index contributed by atoms with van der Waals surface area (Å²) in [5.41, 5.74) is 0. The predicted molar refractivity (Wildman–Crippen MR) is 261 cm³/mol. The highest BCUT2D eigenvalue weighted by Gasteiger charge is 2.19. The van der Waals surface area contributed by atoms with Crippen LogP contribution >= 0.6 is 0 Å². The maximum atomic E-state index is 12.8. The Hall–Kier alpha value is -1.59. The van der Waals surface area contributed by atoms with Crippen LogP contribution < -0.4 is 0 Å². The molecule has 0 rings (SSSR count). The van der Waals surface area contributed by atoms with Gasteiger partial charge in [0.25, 0.3) is 0 Å². The Balaban J connectivity index is 4.19. The molecule has 0 radical (unpaired) electrons.